The van der Waals surface area contributed by atoms with Crippen molar-refractivity contribution in [1.29, 1.82) is 0 Å². The smallest absolute Gasteiger partial charge is 0.342 e. The number of rotatable bonds is 5. The van der Waals surface area contributed by atoms with E-state index in [2.05, 4.69) is 21.2 Å². The lowest BCUT2D eigenvalue weighted by Gasteiger charge is -2.08. The van der Waals surface area contributed by atoms with Gasteiger partial charge in [-0.25, -0.2) is 4.79 Å². The van der Waals surface area contributed by atoms with E-state index in [9.17, 15) is 14.7 Å². The SMILES string of the molecule is O=C(COC(=O)c1cc(Br)ccc1O)NCc1ccccc1. The molecule has 0 radical (unpaired) electrons. The summed E-state index contributed by atoms with van der Waals surface area (Å²) in [4.78, 5) is 23.5. The molecule has 0 fully saturated rings. The van der Waals surface area contributed by atoms with Gasteiger partial charge < -0.3 is 15.2 Å². The number of carbonyl (C=O) groups excluding carboxylic acids is 2. The maximum absolute atomic E-state index is 11.8. The van der Waals surface area contributed by atoms with E-state index in [1.54, 1.807) is 6.07 Å². The highest BCUT2D eigenvalue weighted by atomic mass is 79.9. The first-order valence-corrected chi connectivity index (χ1v) is 7.32. The summed E-state index contributed by atoms with van der Waals surface area (Å²) in [6.45, 7) is -0.0447. The Labute approximate surface area is 136 Å². The van der Waals surface area contributed by atoms with E-state index in [0.29, 0.717) is 11.0 Å². The average molecular weight is 364 g/mol. The van der Waals surface area contributed by atoms with E-state index in [1.165, 1.54) is 12.1 Å². The van der Waals surface area contributed by atoms with Crippen LogP contribution in [0.2, 0.25) is 0 Å². The third-order valence-electron chi connectivity index (χ3n) is 2.85. The Morgan fingerprint density at radius 2 is 1.86 bits per heavy atom. The first-order chi connectivity index (χ1) is 10.6. The number of phenols is 1. The molecule has 0 bridgehead atoms. The minimum atomic E-state index is -0.756. The Morgan fingerprint density at radius 3 is 2.59 bits per heavy atom. The zero-order valence-corrected chi connectivity index (χ0v) is 13.2. The molecular formula is C16H14BrNO4. The lowest BCUT2D eigenvalue weighted by Crippen LogP contribution is -2.28. The molecule has 0 saturated carbocycles. The number of ether oxygens (including phenoxy) is 1. The molecule has 0 unspecified atom stereocenters. The van der Waals surface area contributed by atoms with Gasteiger partial charge in [0, 0.05) is 11.0 Å². The molecule has 0 aliphatic rings. The van der Waals surface area contributed by atoms with E-state index in [4.69, 9.17) is 4.74 Å². The molecule has 0 aliphatic heterocycles. The van der Waals surface area contributed by atoms with Gasteiger partial charge in [-0.05, 0) is 23.8 Å². The summed E-state index contributed by atoms with van der Waals surface area (Å²) in [6, 6.07) is 13.8. The molecule has 0 aromatic heterocycles. The summed E-state index contributed by atoms with van der Waals surface area (Å²) < 4.78 is 5.51. The van der Waals surface area contributed by atoms with Gasteiger partial charge in [0.2, 0.25) is 0 Å². The Kier molecular flexibility index (Phi) is 5.55. The monoisotopic (exact) mass is 363 g/mol. The molecule has 6 heteroatoms. The molecule has 2 rings (SSSR count). The summed E-state index contributed by atoms with van der Waals surface area (Å²) in [5, 5.41) is 12.2. The number of amides is 1. The first-order valence-electron chi connectivity index (χ1n) is 6.52. The molecule has 0 spiro atoms. The fourth-order valence-electron chi connectivity index (χ4n) is 1.73. The van der Waals surface area contributed by atoms with Crippen molar-refractivity contribution in [3.05, 3.63) is 64.1 Å². The maximum atomic E-state index is 11.8. The molecule has 0 aliphatic carbocycles. The lowest BCUT2D eigenvalue weighted by atomic mass is 10.2. The summed E-state index contributed by atoms with van der Waals surface area (Å²) in [7, 11) is 0. The van der Waals surface area contributed by atoms with Gasteiger partial charge in [0.1, 0.15) is 11.3 Å². The van der Waals surface area contributed by atoms with Gasteiger partial charge >= 0.3 is 5.97 Å². The number of benzene rings is 2. The molecule has 1 amide bonds. The summed E-state index contributed by atoms with van der Waals surface area (Å²) in [5.41, 5.74) is 0.956. The van der Waals surface area contributed by atoms with Crippen molar-refractivity contribution >= 4 is 27.8 Å². The van der Waals surface area contributed by atoms with Crippen LogP contribution >= 0.6 is 15.9 Å². The van der Waals surface area contributed by atoms with Crippen LogP contribution in [0.1, 0.15) is 15.9 Å². The largest absolute Gasteiger partial charge is 0.507 e. The second-order valence-electron chi connectivity index (χ2n) is 4.50. The molecule has 2 N–H and O–H groups in total. The second-order valence-corrected chi connectivity index (χ2v) is 5.42. The highest BCUT2D eigenvalue weighted by Crippen LogP contribution is 2.22. The second kappa shape index (κ2) is 7.61. The van der Waals surface area contributed by atoms with Crippen molar-refractivity contribution in [2.75, 3.05) is 6.61 Å². The Balaban J connectivity index is 1.83. The number of nitrogens with one attached hydrogen (secondary N) is 1. The first kappa shape index (κ1) is 16.0. The van der Waals surface area contributed by atoms with Gasteiger partial charge in [-0.3, -0.25) is 4.79 Å². The highest BCUT2D eigenvalue weighted by Gasteiger charge is 2.14. The normalized spacial score (nSPS) is 10.0. The number of carbonyl (C=O) groups is 2. The van der Waals surface area contributed by atoms with Crippen molar-refractivity contribution in [3.8, 4) is 5.75 Å². The number of phenolic OH excluding ortho intramolecular Hbond substituents is 1. The van der Waals surface area contributed by atoms with Crippen LogP contribution in [0.15, 0.2) is 53.0 Å². The van der Waals surface area contributed by atoms with Gasteiger partial charge in [0.15, 0.2) is 6.61 Å². The Bertz CT molecular complexity index is 673. The third kappa shape index (κ3) is 4.60. The fourth-order valence-corrected chi connectivity index (χ4v) is 2.09. The Hall–Kier alpha value is -2.34. The van der Waals surface area contributed by atoms with E-state index in [0.717, 1.165) is 5.56 Å². The van der Waals surface area contributed by atoms with Gasteiger partial charge in [-0.1, -0.05) is 46.3 Å². The number of hydrogen-bond acceptors (Lipinski definition) is 4. The zero-order chi connectivity index (χ0) is 15.9. The van der Waals surface area contributed by atoms with Crippen molar-refractivity contribution in [3.63, 3.8) is 0 Å². The quantitative estimate of drug-likeness (QED) is 0.800. The minimum absolute atomic E-state index is 0.00485. The number of esters is 1. The van der Waals surface area contributed by atoms with Crippen molar-refractivity contribution in [2.24, 2.45) is 0 Å². The summed E-state index contributed by atoms with van der Waals surface area (Å²) >= 11 is 3.20. The number of halogens is 1. The molecule has 0 atom stereocenters. The van der Waals surface area contributed by atoms with E-state index in [-0.39, 0.29) is 11.3 Å². The van der Waals surface area contributed by atoms with Crippen molar-refractivity contribution in [2.45, 2.75) is 6.54 Å². The van der Waals surface area contributed by atoms with Crippen LogP contribution in [-0.2, 0) is 16.1 Å². The van der Waals surface area contributed by atoms with Gasteiger partial charge in [0.05, 0.1) is 0 Å². The van der Waals surface area contributed by atoms with E-state index < -0.39 is 18.5 Å². The molecular weight excluding hydrogens is 350 g/mol. The van der Waals surface area contributed by atoms with Crippen LogP contribution in [-0.4, -0.2) is 23.6 Å². The average Bonchev–Trinajstić information content (AvgIpc) is 2.54. The topological polar surface area (TPSA) is 75.6 Å². The third-order valence-corrected chi connectivity index (χ3v) is 3.34. The van der Waals surface area contributed by atoms with Crippen LogP contribution in [0.25, 0.3) is 0 Å². The molecule has 2 aromatic carbocycles. The van der Waals surface area contributed by atoms with Crippen LogP contribution in [0.4, 0.5) is 0 Å². The molecule has 22 heavy (non-hydrogen) atoms. The van der Waals surface area contributed by atoms with Gasteiger partial charge in [-0.2, -0.15) is 0 Å². The summed E-state index contributed by atoms with van der Waals surface area (Å²) in [5.74, 6) is -1.36. The zero-order valence-electron chi connectivity index (χ0n) is 11.6. The lowest BCUT2D eigenvalue weighted by molar-refractivity contribution is -0.124. The van der Waals surface area contributed by atoms with Crippen LogP contribution in [0.5, 0.6) is 5.75 Å². The molecule has 5 nitrogen and oxygen atoms in total. The van der Waals surface area contributed by atoms with Gasteiger partial charge in [-0.15, -0.1) is 0 Å². The fraction of sp³-hybridized carbons (Fsp3) is 0.125. The number of hydrogen-bond donors (Lipinski definition) is 2. The predicted molar refractivity (Wildman–Crippen MR) is 84.4 cm³/mol. The molecule has 0 heterocycles. The molecule has 114 valence electrons. The van der Waals surface area contributed by atoms with Crippen LogP contribution in [0.3, 0.4) is 0 Å². The summed E-state index contributed by atoms with van der Waals surface area (Å²) in [6.07, 6.45) is 0. The minimum Gasteiger partial charge on any atom is -0.507 e. The van der Waals surface area contributed by atoms with E-state index >= 15 is 0 Å². The maximum Gasteiger partial charge on any atom is 0.342 e. The highest BCUT2D eigenvalue weighted by molar-refractivity contribution is 9.10. The number of aromatic hydroxyl groups is 1. The van der Waals surface area contributed by atoms with Gasteiger partial charge in [0.25, 0.3) is 5.91 Å². The predicted octanol–water partition coefficient (Wildman–Crippen LogP) is 2.63. The van der Waals surface area contributed by atoms with E-state index in [1.807, 2.05) is 30.3 Å². The van der Waals surface area contributed by atoms with Crippen LogP contribution in [0, 0.1) is 0 Å². The van der Waals surface area contributed by atoms with Crippen molar-refractivity contribution < 1.29 is 19.4 Å². The molecule has 2 aromatic rings. The standard InChI is InChI=1S/C16H14BrNO4/c17-12-6-7-14(19)13(8-12)16(21)22-10-15(20)18-9-11-4-2-1-3-5-11/h1-8,19H,9-10H2,(H,18,20). The van der Waals surface area contributed by atoms with Crippen molar-refractivity contribution in [1.82, 2.24) is 5.32 Å². The molecule has 0 saturated heterocycles. The van der Waals surface area contributed by atoms with Crippen LogP contribution < -0.4 is 5.32 Å². The Morgan fingerprint density at radius 1 is 1.14 bits per heavy atom.